The number of amides is 2. The van der Waals surface area contributed by atoms with Gasteiger partial charge in [-0.25, -0.2) is 19.9 Å². The molecule has 0 aliphatic rings. The van der Waals surface area contributed by atoms with E-state index in [1.807, 2.05) is 62.0 Å². The summed E-state index contributed by atoms with van der Waals surface area (Å²) < 4.78 is 0. The van der Waals surface area contributed by atoms with Crippen molar-refractivity contribution in [3.63, 3.8) is 0 Å². The molecule has 0 fully saturated rings. The second-order valence-electron chi connectivity index (χ2n) is 14.8. The number of rotatable bonds is 16. The Morgan fingerprint density at radius 3 is 1.44 bits per heavy atom. The molecule has 2 unspecified atom stereocenters. The van der Waals surface area contributed by atoms with Crippen LogP contribution in [0.4, 0.5) is 34.9 Å². The molecule has 0 spiro atoms. The lowest BCUT2D eigenvalue weighted by Gasteiger charge is -2.19. The molecule has 0 radical (unpaired) electrons. The average Bonchev–Trinajstić information content (AvgIpc) is 3.23. The Hall–Kier alpha value is -7.64. The number of carbonyl (C=O) groups is 4. The van der Waals surface area contributed by atoms with Crippen LogP contribution in [0.15, 0.2) is 60.9 Å². The molecule has 0 bridgehead atoms. The molecule has 6 rings (SSSR count). The van der Waals surface area contributed by atoms with Gasteiger partial charge >= 0.3 is 0 Å². The van der Waals surface area contributed by atoms with Gasteiger partial charge in [-0.15, -0.1) is 0 Å². The summed E-state index contributed by atoms with van der Waals surface area (Å²) in [5, 5.41) is 5.71. The topological polar surface area (TPSA) is 306 Å². The van der Waals surface area contributed by atoms with Gasteiger partial charge in [0, 0.05) is 49.1 Å². The van der Waals surface area contributed by atoms with E-state index in [4.69, 9.17) is 22.9 Å². The highest BCUT2D eigenvalue weighted by Crippen LogP contribution is 2.21. The fraction of sp³-hybridized carbons (Fsp3) is 0.364. The lowest BCUT2D eigenvalue weighted by Crippen LogP contribution is -2.39. The van der Waals surface area contributed by atoms with Gasteiger partial charge in [0.05, 0.1) is 42.9 Å². The Balaban J connectivity index is 0.000000330. The van der Waals surface area contributed by atoms with Gasteiger partial charge < -0.3 is 48.2 Å². The quantitative estimate of drug-likeness (QED) is 0.0768. The molecule has 0 aliphatic heterocycles. The molecule has 64 heavy (non-hydrogen) atoms. The average molecular weight is 877 g/mol. The monoisotopic (exact) mass is 876 g/mol. The van der Waals surface area contributed by atoms with E-state index >= 15 is 0 Å². The van der Waals surface area contributed by atoms with Crippen LogP contribution in [0, 0.1) is 0 Å². The first kappa shape index (κ1) is 50.7. The van der Waals surface area contributed by atoms with Crippen LogP contribution in [0.25, 0.3) is 22.3 Å². The summed E-state index contributed by atoms with van der Waals surface area (Å²) in [5.41, 5.74) is 28.7. The lowest BCUT2D eigenvalue weighted by atomic mass is 10.1. The number of carbonyl (C=O) groups excluding carboxylic acids is 4. The van der Waals surface area contributed by atoms with Crippen LogP contribution in [0.5, 0.6) is 0 Å². The number of nitrogen functional groups attached to an aromatic ring is 4. The molecule has 340 valence electrons. The molecular weight excluding hydrogens is 817 g/mol. The second-order valence-corrected chi connectivity index (χ2v) is 14.8. The van der Waals surface area contributed by atoms with Crippen molar-refractivity contribution in [2.45, 2.75) is 93.4 Å². The number of aromatic nitrogens is 8. The summed E-state index contributed by atoms with van der Waals surface area (Å²) in [6, 6.07) is 13.8. The van der Waals surface area contributed by atoms with E-state index in [0.29, 0.717) is 77.2 Å². The van der Waals surface area contributed by atoms with Gasteiger partial charge in [-0.05, 0) is 82.1 Å². The predicted molar refractivity (Wildman–Crippen MR) is 252 cm³/mol. The first-order valence-electron chi connectivity index (χ1n) is 19.8. The molecule has 4 heterocycles. The Bertz CT molecular complexity index is 2560. The minimum absolute atomic E-state index is 0. The molecule has 20 heteroatoms. The van der Waals surface area contributed by atoms with Crippen LogP contribution in [0.2, 0.25) is 0 Å². The van der Waals surface area contributed by atoms with Crippen LogP contribution in [-0.4, -0.2) is 89.4 Å². The zero-order chi connectivity index (χ0) is 45.1. The highest BCUT2D eigenvalue weighted by molar-refractivity contribution is 5.98. The maximum absolute atomic E-state index is 12.5. The van der Waals surface area contributed by atoms with Crippen LogP contribution >= 0.6 is 0 Å². The van der Waals surface area contributed by atoms with E-state index in [9.17, 15) is 19.2 Å². The van der Waals surface area contributed by atoms with E-state index in [-0.39, 0.29) is 67.8 Å². The molecule has 10 N–H and O–H groups in total. The smallest absolute Gasteiger partial charge is 0.251 e. The van der Waals surface area contributed by atoms with Gasteiger partial charge in [0.2, 0.25) is 11.9 Å². The largest absolute Gasteiger partial charge is 0.382 e. The molecule has 2 amide bonds. The summed E-state index contributed by atoms with van der Waals surface area (Å²) in [4.78, 5) is 85.0. The summed E-state index contributed by atoms with van der Waals surface area (Å²) >= 11 is 0. The number of benzene rings is 2. The summed E-state index contributed by atoms with van der Waals surface area (Å²) in [6.45, 7) is 7.83. The highest BCUT2D eigenvalue weighted by Gasteiger charge is 2.18. The zero-order valence-electron chi connectivity index (χ0n) is 35.6. The van der Waals surface area contributed by atoms with Crippen molar-refractivity contribution in [2.24, 2.45) is 0 Å². The molecule has 0 saturated heterocycles. The van der Waals surface area contributed by atoms with Gasteiger partial charge in [0.15, 0.2) is 39.7 Å². The van der Waals surface area contributed by atoms with Crippen LogP contribution in [-0.2, 0) is 22.7 Å². The van der Waals surface area contributed by atoms with Crippen LogP contribution < -0.4 is 43.4 Å². The third-order valence-corrected chi connectivity index (χ3v) is 9.62. The standard InChI is InChI=1S/2C21H26N8O2.2CH4/c1-12(4-5-13(2)30)25-20(31)14-6-8-16(9-7-14)29(3)11-15-10-24-19-17(26-15)18(22)27-21(23)28-19;1-4-5-16(12(2)30)26-20(31)13-6-8-15(9-7-13)29(3)11-14-10-24-19-17(25-14)18(22)27-21(23)28-19;;/h6-10,12H,4-5,11H2,1-3H3,(H,25,31)(H4,22,23,24,27,28);6-10,16H,4-5,11H2,1-3H3,(H,26,31)(H4,22,23,24,27,28);2*1H4. The van der Waals surface area contributed by atoms with E-state index in [1.54, 1.807) is 43.6 Å². The Labute approximate surface area is 373 Å². The third-order valence-electron chi connectivity index (χ3n) is 9.62. The maximum atomic E-state index is 12.5. The Kier molecular flexibility index (Phi) is 18.2. The van der Waals surface area contributed by atoms with Gasteiger partial charge in [0.1, 0.15) is 5.78 Å². The molecule has 6 aromatic rings. The molecule has 4 aromatic heterocycles. The van der Waals surface area contributed by atoms with Crippen molar-refractivity contribution in [2.75, 3.05) is 46.8 Å². The van der Waals surface area contributed by atoms with E-state index in [0.717, 1.165) is 17.8 Å². The van der Waals surface area contributed by atoms with Gasteiger partial charge in [0.25, 0.3) is 11.8 Å². The van der Waals surface area contributed by atoms with Crippen LogP contribution in [0.1, 0.15) is 100 Å². The number of nitrogens with one attached hydrogen (secondary N) is 2. The fourth-order valence-corrected chi connectivity index (χ4v) is 6.23. The Morgan fingerprint density at radius 1 is 0.625 bits per heavy atom. The van der Waals surface area contributed by atoms with Gasteiger partial charge in [-0.2, -0.15) is 19.9 Å². The minimum Gasteiger partial charge on any atom is -0.382 e. The van der Waals surface area contributed by atoms with E-state index in [2.05, 4.69) is 50.5 Å². The van der Waals surface area contributed by atoms with Crippen molar-refractivity contribution >= 4 is 80.6 Å². The fourth-order valence-electron chi connectivity index (χ4n) is 6.23. The van der Waals surface area contributed by atoms with Gasteiger partial charge in [-0.3, -0.25) is 14.4 Å². The van der Waals surface area contributed by atoms with Crippen molar-refractivity contribution in [3.05, 3.63) is 83.4 Å². The number of ketones is 2. The first-order valence-corrected chi connectivity index (χ1v) is 19.8. The molecule has 0 aliphatic carbocycles. The van der Waals surface area contributed by atoms with Crippen LogP contribution in [0.3, 0.4) is 0 Å². The number of anilines is 6. The van der Waals surface area contributed by atoms with Gasteiger partial charge in [-0.1, -0.05) is 28.2 Å². The SMILES string of the molecule is C.C.CC(=O)CCC(C)NC(=O)c1ccc(N(C)Cc2cnc3nc(N)nc(N)c3n2)cc1.CCCC(NC(=O)c1ccc(N(C)Cc2cnc3nc(N)nc(N)c3n2)cc1)C(C)=O. The number of Topliss-reactive ketones (excluding diaryl/α,β-unsaturated/α-hetero) is 2. The molecule has 20 nitrogen and oxygen atoms in total. The molecular formula is C44H60N16O4. The highest BCUT2D eigenvalue weighted by atomic mass is 16.2. The molecule has 0 saturated carbocycles. The number of hydrogen-bond donors (Lipinski definition) is 6. The second kappa shape index (κ2) is 23.0. The first-order chi connectivity index (χ1) is 29.5. The van der Waals surface area contributed by atoms with Crippen molar-refractivity contribution in [3.8, 4) is 0 Å². The Morgan fingerprint density at radius 2 is 1.05 bits per heavy atom. The van der Waals surface area contributed by atoms with E-state index in [1.165, 1.54) is 6.92 Å². The zero-order valence-corrected chi connectivity index (χ0v) is 35.6. The van der Waals surface area contributed by atoms with Crippen molar-refractivity contribution < 1.29 is 19.2 Å². The number of hydrogen-bond acceptors (Lipinski definition) is 18. The molecule has 2 aromatic carbocycles. The van der Waals surface area contributed by atoms with Crippen molar-refractivity contribution in [1.29, 1.82) is 0 Å². The number of nitrogens with zero attached hydrogens (tertiary/aromatic N) is 10. The number of nitrogens with two attached hydrogens (primary N) is 4. The maximum Gasteiger partial charge on any atom is 0.251 e. The summed E-state index contributed by atoms with van der Waals surface area (Å²) in [6.07, 6.45) is 5.75. The summed E-state index contributed by atoms with van der Waals surface area (Å²) in [5.74, 6) is 0.118. The predicted octanol–water partition coefficient (Wildman–Crippen LogP) is 4.69. The summed E-state index contributed by atoms with van der Waals surface area (Å²) in [7, 11) is 3.81. The number of fused-ring (bicyclic) bond motifs is 2. The third kappa shape index (κ3) is 13.7. The van der Waals surface area contributed by atoms with E-state index < -0.39 is 6.04 Å². The molecule has 2 atom stereocenters. The minimum atomic E-state index is -0.460. The van der Waals surface area contributed by atoms with Crippen molar-refractivity contribution in [1.82, 2.24) is 50.5 Å². The lowest BCUT2D eigenvalue weighted by molar-refractivity contribution is -0.119. The normalized spacial score (nSPS) is 11.5.